The van der Waals surface area contributed by atoms with Crippen molar-refractivity contribution in [3.8, 4) is 0 Å². The van der Waals surface area contributed by atoms with Gasteiger partial charge in [0.1, 0.15) is 0 Å². The number of nitrogens with one attached hydrogen (secondary N) is 1. The SMILES string of the molecule is C\C=C/C(=C\C(=N/C)c1ccc(C(=O)N2CCCCN2)s1)C(F)(F)F. The van der Waals surface area contributed by atoms with Crippen LogP contribution in [0.15, 0.2) is 40.9 Å². The van der Waals surface area contributed by atoms with Crippen LogP contribution in [0.4, 0.5) is 13.2 Å². The topological polar surface area (TPSA) is 44.7 Å². The minimum absolute atomic E-state index is 0.167. The zero-order valence-corrected chi connectivity index (χ0v) is 14.9. The molecule has 1 aliphatic rings. The van der Waals surface area contributed by atoms with Crippen molar-refractivity contribution in [3.05, 3.63) is 45.7 Å². The van der Waals surface area contributed by atoms with Gasteiger partial charge in [-0.25, -0.2) is 5.43 Å². The molecule has 136 valence electrons. The second-order valence-electron chi connectivity index (χ2n) is 5.44. The smallest absolute Gasteiger partial charge is 0.287 e. The lowest BCUT2D eigenvalue weighted by atomic mass is 10.1. The summed E-state index contributed by atoms with van der Waals surface area (Å²) in [6, 6.07) is 3.25. The minimum atomic E-state index is -4.46. The summed E-state index contributed by atoms with van der Waals surface area (Å²) in [5.74, 6) is -0.167. The Morgan fingerprint density at radius 3 is 2.60 bits per heavy atom. The molecule has 0 spiro atoms. The highest BCUT2D eigenvalue weighted by atomic mass is 32.1. The summed E-state index contributed by atoms with van der Waals surface area (Å²) in [5, 5.41) is 1.55. The number of amides is 1. The van der Waals surface area contributed by atoms with E-state index in [1.165, 1.54) is 20.0 Å². The van der Waals surface area contributed by atoms with Gasteiger partial charge in [-0.3, -0.25) is 14.8 Å². The molecular formula is C17H20F3N3OS. The number of carbonyl (C=O) groups is 1. The van der Waals surface area contributed by atoms with Crippen LogP contribution in [0.1, 0.15) is 34.3 Å². The van der Waals surface area contributed by atoms with Crippen LogP contribution in [0, 0.1) is 0 Å². The van der Waals surface area contributed by atoms with Crippen LogP contribution in [0.2, 0.25) is 0 Å². The number of thiophene rings is 1. The van der Waals surface area contributed by atoms with Gasteiger partial charge in [-0.2, -0.15) is 13.2 Å². The van der Waals surface area contributed by atoms with Crippen LogP contribution in [0.5, 0.6) is 0 Å². The molecule has 0 atom stereocenters. The third-order valence-corrected chi connectivity index (χ3v) is 4.73. The number of hydrogen-bond acceptors (Lipinski definition) is 4. The van der Waals surface area contributed by atoms with Gasteiger partial charge in [-0.15, -0.1) is 11.3 Å². The molecule has 1 saturated heterocycles. The quantitative estimate of drug-likeness (QED) is 0.643. The Labute approximate surface area is 148 Å². The van der Waals surface area contributed by atoms with Gasteiger partial charge in [0.2, 0.25) is 0 Å². The van der Waals surface area contributed by atoms with Crippen molar-refractivity contribution in [1.29, 1.82) is 0 Å². The first-order valence-corrected chi connectivity index (χ1v) is 8.72. The van der Waals surface area contributed by atoms with Gasteiger partial charge < -0.3 is 0 Å². The van der Waals surface area contributed by atoms with Crippen LogP contribution in [-0.2, 0) is 0 Å². The van der Waals surface area contributed by atoms with Crippen molar-refractivity contribution >= 4 is 23.0 Å². The molecule has 0 aliphatic carbocycles. The molecule has 4 nitrogen and oxygen atoms in total. The highest BCUT2D eigenvalue weighted by Crippen LogP contribution is 2.28. The number of hydrogen-bond donors (Lipinski definition) is 1. The fourth-order valence-electron chi connectivity index (χ4n) is 2.38. The first kappa shape index (κ1) is 19.4. The average Bonchev–Trinajstić information content (AvgIpc) is 3.07. The number of rotatable bonds is 4. The van der Waals surface area contributed by atoms with E-state index >= 15 is 0 Å². The van der Waals surface area contributed by atoms with E-state index in [-0.39, 0.29) is 11.6 Å². The molecule has 1 N–H and O–H groups in total. The average molecular weight is 371 g/mol. The van der Waals surface area contributed by atoms with Gasteiger partial charge in [0, 0.05) is 20.1 Å². The predicted octanol–water partition coefficient (Wildman–Crippen LogP) is 3.97. The Bertz CT molecular complexity index is 698. The predicted molar refractivity (Wildman–Crippen MR) is 94.0 cm³/mol. The van der Waals surface area contributed by atoms with E-state index in [1.807, 2.05) is 0 Å². The second kappa shape index (κ2) is 8.44. The standard InChI is InChI=1S/C17H20F3N3OS/c1-3-6-12(17(18,19)20)11-13(21-2)14-7-8-15(25-14)16(24)23-10-5-4-9-22-23/h3,6-8,11,22H,4-5,9-10H2,1-2H3/b6-3-,12-11+,21-13+. The Kier molecular flexibility index (Phi) is 6.55. The van der Waals surface area contributed by atoms with Gasteiger partial charge in [-0.1, -0.05) is 12.2 Å². The number of aliphatic imine (C=N–C) groups is 1. The summed E-state index contributed by atoms with van der Waals surface area (Å²) in [7, 11) is 1.43. The molecule has 0 saturated carbocycles. The zero-order chi connectivity index (χ0) is 18.4. The zero-order valence-electron chi connectivity index (χ0n) is 14.1. The van der Waals surface area contributed by atoms with E-state index < -0.39 is 11.7 Å². The largest absolute Gasteiger partial charge is 0.416 e. The summed E-state index contributed by atoms with van der Waals surface area (Å²) < 4.78 is 39.2. The van der Waals surface area contributed by atoms with Crippen molar-refractivity contribution in [2.45, 2.75) is 25.9 Å². The molecule has 0 radical (unpaired) electrons. The van der Waals surface area contributed by atoms with Crippen LogP contribution in [0.3, 0.4) is 0 Å². The van der Waals surface area contributed by atoms with Crippen LogP contribution in [0.25, 0.3) is 0 Å². The number of nitrogens with zero attached hydrogens (tertiary/aromatic N) is 2. The second-order valence-corrected chi connectivity index (χ2v) is 6.53. The lowest BCUT2D eigenvalue weighted by Crippen LogP contribution is -2.46. The monoisotopic (exact) mass is 371 g/mol. The molecule has 25 heavy (non-hydrogen) atoms. The molecule has 1 aromatic rings. The maximum atomic E-state index is 13.1. The van der Waals surface area contributed by atoms with E-state index in [9.17, 15) is 18.0 Å². The molecule has 8 heteroatoms. The molecule has 1 amide bonds. The number of hydrazine groups is 1. The highest BCUT2D eigenvalue weighted by Gasteiger charge is 2.32. The number of alkyl halides is 3. The number of halogens is 3. The van der Waals surface area contributed by atoms with Gasteiger partial charge in [0.05, 0.1) is 21.0 Å². The maximum absolute atomic E-state index is 13.1. The summed E-state index contributed by atoms with van der Waals surface area (Å²) in [6.07, 6.45) is 0.817. The molecule has 0 aromatic carbocycles. The summed E-state index contributed by atoms with van der Waals surface area (Å²) >= 11 is 1.14. The van der Waals surface area contributed by atoms with Crippen molar-refractivity contribution in [2.24, 2.45) is 4.99 Å². The van der Waals surface area contributed by atoms with E-state index in [1.54, 1.807) is 17.1 Å². The number of allylic oxidation sites excluding steroid dienone is 4. The van der Waals surface area contributed by atoms with Crippen LogP contribution >= 0.6 is 11.3 Å². The van der Waals surface area contributed by atoms with Crippen molar-refractivity contribution in [2.75, 3.05) is 20.1 Å². The van der Waals surface area contributed by atoms with Crippen molar-refractivity contribution in [3.63, 3.8) is 0 Å². The molecule has 2 rings (SSSR count). The highest BCUT2D eigenvalue weighted by molar-refractivity contribution is 7.16. The van der Waals surface area contributed by atoms with Gasteiger partial charge in [-0.05, 0) is 38.0 Å². The first-order valence-electron chi connectivity index (χ1n) is 7.90. The van der Waals surface area contributed by atoms with Crippen LogP contribution < -0.4 is 5.43 Å². The molecular weight excluding hydrogens is 351 g/mol. The molecule has 1 aromatic heterocycles. The van der Waals surface area contributed by atoms with Gasteiger partial charge in [0.15, 0.2) is 0 Å². The Morgan fingerprint density at radius 2 is 2.04 bits per heavy atom. The number of carbonyl (C=O) groups excluding carboxylic acids is 1. The third-order valence-electron chi connectivity index (χ3n) is 3.63. The Hall–Kier alpha value is -1.93. The molecule has 0 unspecified atom stereocenters. The Balaban J connectivity index is 2.25. The van der Waals surface area contributed by atoms with E-state index in [0.717, 1.165) is 42.9 Å². The lowest BCUT2D eigenvalue weighted by Gasteiger charge is -2.27. The van der Waals surface area contributed by atoms with Crippen molar-refractivity contribution < 1.29 is 18.0 Å². The van der Waals surface area contributed by atoms with E-state index in [2.05, 4.69) is 10.4 Å². The molecule has 2 heterocycles. The van der Waals surface area contributed by atoms with Gasteiger partial charge in [0.25, 0.3) is 5.91 Å². The van der Waals surface area contributed by atoms with Crippen LogP contribution in [-0.4, -0.2) is 42.9 Å². The maximum Gasteiger partial charge on any atom is 0.416 e. The summed E-state index contributed by atoms with van der Waals surface area (Å²) in [6.45, 7) is 2.89. The Morgan fingerprint density at radius 1 is 1.32 bits per heavy atom. The lowest BCUT2D eigenvalue weighted by molar-refractivity contribution is -0.0881. The molecule has 0 bridgehead atoms. The van der Waals surface area contributed by atoms with Gasteiger partial charge >= 0.3 is 6.18 Å². The third kappa shape index (κ3) is 5.02. The van der Waals surface area contributed by atoms with E-state index in [0.29, 0.717) is 16.3 Å². The van der Waals surface area contributed by atoms with E-state index in [4.69, 9.17) is 0 Å². The fraction of sp³-hybridized carbons (Fsp3) is 0.412. The fourth-order valence-corrected chi connectivity index (χ4v) is 3.34. The normalized spacial score (nSPS) is 17.4. The molecule has 1 aliphatic heterocycles. The minimum Gasteiger partial charge on any atom is -0.287 e. The summed E-state index contributed by atoms with van der Waals surface area (Å²) in [5.41, 5.74) is 2.44. The summed E-state index contributed by atoms with van der Waals surface area (Å²) in [4.78, 5) is 17.4. The first-order chi connectivity index (χ1) is 11.9. The molecule has 1 fully saturated rings. The van der Waals surface area contributed by atoms with Crippen molar-refractivity contribution in [1.82, 2.24) is 10.4 Å².